The van der Waals surface area contributed by atoms with E-state index in [0.29, 0.717) is 24.4 Å². The molecule has 0 aliphatic rings. The zero-order valence-corrected chi connectivity index (χ0v) is 18.4. The van der Waals surface area contributed by atoms with Crippen molar-refractivity contribution in [3.05, 3.63) is 0 Å². The molecular formula is C15H36O4SiZr. The molecule has 128 valence electrons. The Bertz CT molecular complexity index is 256. The van der Waals surface area contributed by atoms with Crippen molar-refractivity contribution in [2.75, 3.05) is 6.61 Å². The third-order valence-corrected chi connectivity index (χ3v) is 15.1. The number of hydrogen-bond acceptors (Lipinski definition) is 4. The summed E-state index contributed by atoms with van der Waals surface area (Å²) in [5.74, 6) is 1.51. The minimum atomic E-state index is -4.79. The monoisotopic (exact) mass is 398 g/mol. The summed E-state index contributed by atoms with van der Waals surface area (Å²) in [5, 5.41) is 0. The Morgan fingerprint density at radius 1 is 0.857 bits per heavy atom. The SMILES string of the molecule is CCC[O][Zr]([OH])([OH])[O][Si](CC(C)C)(CC(C)C)CC(C)C. The van der Waals surface area contributed by atoms with E-state index in [1.807, 2.05) is 6.92 Å². The van der Waals surface area contributed by atoms with Crippen molar-refractivity contribution in [1.82, 2.24) is 0 Å². The van der Waals surface area contributed by atoms with Crippen LogP contribution < -0.4 is 0 Å². The van der Waals surface area contributed by atoms with Crippen LogP contribution in [0.4, 0.5) is 0 Å². The van der Waals surface area contributed by atoms with Crippen LogP contribution in [0.15, 0.2) is 0 Å². The van der Waals surface area contributed by atoms with E-state index in [4.69, 9.17) is 5.32 Å². The van der Waals surface area contributed by atoms with Crippen LogP contribution in [0.25, 0.3) is 0 Å². The molecule has 0 aliphatic carbocycles. The predicted octanol–water partition coefficient (Wildman–Crippen LogP) is 4.14. The van der Waals surface area contributed by atoms with Gasteiger partial charge >= 0.3 is 139 Å². The first-order valence-electron chi connectivity index (χ1n) is 8.30. The standard InChI is InChI=1S/C12H27OSi.C3H7O.2H2O.Zr/c1-10(2)7-14(13,8-11(3)4)9-12(5)6;1-2-3-4;;;/h10-12H,7-9H2,1-6H3;2-3H2,1H3;2*1H2;/q2*-1;;;+4/p-2. The fraction of sp³-hybridized carbons (Fsp3) is 1.00. The molecule has 4 nitrogen and oxygen atoms in total. The summed E-state index contributed by atoms with van der Waals surface area (Å²) >= 11 is -4.79. The van der Waals surface area contributed by atoms with Gasteiger partial charge in [-0.2, -0.15) is 0 Å². The molecule has 0 radical (unpaired) electrons. The van der Waals surface area contributed by atoms with Gasteiger partial charge in [-0.25, -0.2) is 0 Å². The van der Waals surface area contributed by atoms with E-state index >= 15 is 0 Å². The van der Waals surface area contributed by atoms with Gasteiger partial charge in [-0.15, -0.1) is 0 Å². The Morgan fingerprint density at radius 3 is 1.52 bits per heavy atom. The summed E-state index contributed by atoms with van der Waals surface area (Å²) in [5.41, 5.74) is 0. The van der Waals surface area contributed by atoms with Gasteiger partial charge in [0.05, 0.1) is 0 Å². The average Bonchev–Trinajstić information content (AvgIpc) is 2.21. The Morgan fingerprint density at radius 2 is 1.24 bits per heavy atom. The van der Waals surface area contributed by atoms with Crippen LogP contribution >= 0.6 is 0 Å². The van der Waals surface area contributed by atoms with E-state index in [0.717, 1.165) is 24.6 Å². The van der Waals surface area contributed by atoms with Gasteiger partial charge in [-0.1, -0.05) is 0 Å². The molecule has 0 heterocycles. The Balaban J connectivity index is 5.21. The second-order valence-corrected chi connectivity index (χ2v) is 16.2. The molecular weight excluding hydrogens is 363 g/mol. The van der Waals surface area contributed by atoms with Crippen molar-refractivity contribution < 1.29 is 33.7 Å². The summed E-state index contributed by atoms with van der Waals surface area (Å²) in [6.45, 7) is 15.4. The van der Waals surface area contributed by atoms with E-state index < -0.39 is 30.3 Å². The molecule has 0 unspecified atom stereocenters. The van der Waals surface area contributed by atoms with Crippen LogP contribution in [0.1, 0.15) is 54.9 Å². The quantitative estimate of drug-likeness (QED) is 0.513. The van der Waals surface area contributed by atoms with Crippen molar-refractivity contribution >= 4 is 8.32 Å². The molecule has 0 aliphatic heterocycles. The van der Waals surface area contributed by atoms with Gasteiger partial charge in [-0.05, 0) is 0 Å². The second-order valence-electron chi connectivity index (χ2n) is 7.48. The van der Waals surface area contributed by atoms with Crippen LogP contribution in [-0.4, -0.2) is 21.3 Å². The molecule has 0 atom stereocenters. The van der Waals surface area contributed by atoms with Gasteiger partial charge in [0.15, 0.2) is 0 Å². The van der Waals surface area contributed by atoms with Gasteiger partial charge in [0.25, 0.3) is 0 Å². The van der Waals surface area contributed by atoms with Crippen molar-refractivity contribution in [1.29, 1.82) is 0 Å². The molecule has 0 aromatic carbocycles. The summed E-state index contributed by atoms with van der Waals surface area (Å²) in [7, 11) is -2.20. The van der Waals surface area contributed by atoms with Crippen LogP contribution in [0.3, 0.4) is 0 Å². The number of rotatable bonds is 11. The van der Waals surface area contributed by atoms with E-state index in [-0.39, 0.29) is 0 Å². The van der Waals surface area contributed by atoms with Gasteiger partial charge in [0.2, 0.25) is 0 Å². The normalized spacial score (nSPS) is 13.7. The van der Waals surface area contributed by atoms with E-state index in [1.54, 1.807) is 0 Å². The fourth-order valence-corrected chi connectivity index (χ4v) is 16.6. The number of hydrogen-bond donors (Lipinski definition) is 2. The molecule has 0 fully saturated rings. The van der Waals surface area contributed by atoms with Gasteiger partial charge in [0, 0.05) is 0 Å². The first kappa shape index (κ1) is 21.9. The van der Waals surface area contributed by atoms with Crippen molar-refractivity contribution in [3.8, 4) is 0 Å². The first-order chi connectivity index (χ1) is 9.52. The molecule has 0 amide bonds. The van der Waals surface area contributed by atoms with Gasteiger partial charge < -0.3 is 0 Å². The minimum absolute atomic E-state index is 0.374. The fourth-order valence-electron chi connectivity index (χ4n) is 3.15. The van der Waals surface area contributed by atoms with E-state index in [2.05, 4.69) is 41.5 Å². The zero-order valence-electron chi connectivity index (χ0n) is 15.0. The second kappa shape index (κ2) is 9.94. The van der Waals surface area contributed by atoms with E-state index in [1.165, 1.54) is 0 Å². The van der Waals surface area contributed by atoms with Crippen LogP contribution in [0, 0.1) is 17.8 Å². The molecule has 0 saturated heterocycles. The van der Waals surface area contributed by atoms with Crippen LogP contribution in [-0.2, 0) is 27.3 Å². The summed E-state index contributed by atoms with van der Waals surface area (Å²) < 4.78 is 32.0. The van der Waals surface area contributed by atoms with Crippen molar-refractivity contribution in [2.45, 2.75) is 73.0 Å². The zero-order chi connectivity index (χ0) is 16.7. The van der Waals surface area contributed by atoms with Gasteiger partial charge in [0.1, 0.15) is 0 Å². The third-order valence-electron chi connectivity index (χ3n) is 3.18. The molecule has 0 bridgehead atoms. The third kappa shape index (κ3) is 10.4. The molecule has 0 rings (SSSR count). The first-order valence-corrected chi connectivity index (χ1v) is 15.0. The Labute approximate surface area is 139 Å². The Hall–Kier alpha value is 0.940. The molecule has 0 aromatic rings. The average molecular weight is 400 g/mol. The summed E-state index contributed by atoms with van der Waals surface area (Å²) in [6, 6.07) is 2.91. The van der Waals surface area contributed by atoms with E-state index in [9.17, 15) is 6.37 Å². The van der Waals surface area contributed by atoms with Crippen LogP contribution in [0.2, 0.25) is 18.1 Å². The summed E-state index contributed by atoms with van der Waals surface area (Å²) in [4.78, 5) is 0. The topological polar surface area (TPSA) is 58.9 Å². The Kier molecular flexibility index (Phi) is 10.4. The molecule has 21 heavy (non-hydrogen) atoms. The van der Waals surface area contributed by atoms with Crippen LogP contribution in [0.5, 0.6) is 0 Å². The van der Waals surface area contributed by atoms with Gasteiger partial charge in [-0.3, -0.25) is 0 Å². The molecule has 2 N–H and O–H groups in total. The van der Waals surface area contributed by atoms with Crippen molar-refractivity contribution in [2.24, 2.45) is 17.8 Å². The molecule has 6 heteroatoms. The van der Waals surface area contributed by atoms with Crippen molar-refractivity contribution in [3.63, 3.8) is 0 Å². The maximum atomic E-state index is 10.3. The molecule has 0 spiro atoms. The predicted molar refractivity (Wildman–Crippen MR) is 86.5 cm³/mol. The molecule has 0 saturated carbocycles. The maximum absolute atomic E-state index is 10.3. The molecule has 0 aromatic heterocycles. The summed E-state index contributed by atoms with van der Waals surface area (Å²) in [6.07, 6.45) is 0.774.